The van der Waals surface area contributed by atoms with Crippen molar-refractivity contribution >= 4 is 41.3 Å². The Morgan fingerprint density at radius 2 is 2.12 bits per heavy atom. The molecule has 0 atom stereocenters. The van der Waals surface area contributed by atoms with E-state index in [1.807, 2.05) is 0 Å². The van der Waals surface area contributed by atoms with E-state index in [2.05, 4.69) is 16.6 Å². The molecule has 1 aliphatic heterocycles. The summed E-state index contributed by atoms with van der Waals surface area (Å²) < 4.78 is 15.1. The molecule has 0 radical (unpaired) electrons. The van der Waals surface area contributed by atoms with Gasteiger partial charge in [-0.25, -0.2) is 9.59 Å². The number of rotatable bonds is 8. The number of halogens is 1. The Morgan fingerprint density at radius 3 is 2.78 bits per heavy atom. The van der Waals surface area contributed by atoms with Gasteiger partial charge in [-0.1, -0.05) is 24.3 Å². The van der Waals surface area contributed by atoms with Gasteiger partial charge in [-0.3, -0.25) is 19.8 Å². The van der Waals surface area contributed by atoms with E-state index in [-0.39, 0.29) is 46.7 Å². The van der Waals surface area contributed by atoms with E-state index in [1.54, 1.807) is 0 Å². The van der Waals surface area contributed by atoms with Gasteiger partial charge in [-0.05, 0) is 29.8 Å². The number of hydrogen-bond acceptors (Lipinski definition) is 8. The van der Waals surface area contributed by atoms with Gasteiger partial charge in [-0.15, -0.1) is 0 Å². The Kier molecular flexibility index (Phi) is 6.59. The maximum absolute atomic E-state index is 12.7. The fourth-order valence-corrected chi connectivity index (χ4v) is 3.09. The van der Waals surface area contributed by atoms with E-state index in [1.165, 1.54) is 37.5 Å². The largest absolute Gasteiger partial charge is 0.482 e. The summed E-state index contributed by atoms with van der Waals surface area (Å²) in [5, 5.41) is 13.7. The van der Waals surface area contributed by atoms with E-state index in [0.29, 0.717) is 0 Å². The lowest BCUT2D eigenvalue weighted by Crippen LogP contribution is -2.30. The Labute approximate surface area is 186 Å². The lowest BCUT2D eigenvalue weighted by Gasteiger charge is -2.09. The molecule has 32 heavy (non-hydrogen) atoms. The van der Waals surface area contributed by atoms with Crippen LogP contribution in [0, 0.1) is 10.1 Å². The third-order valence-electron chi connectivity index (χ3n) is 4.22. The van der Waals surface area contributed by atoms with Crippen molar-refractivity contribution in [2.45, 2.75) is 6.54 Å². The first-order valence-electron chi connectivity index (χ1n) is 8.98. The normalized spacial score (nSPS) is 14.4. The average Bonchev–Trinajstić information content (AvgIpc) is 3.32. The van der Waals surface area contributed by atoms with Crippen LogP contribution in [-0.2, 0) is 16.1 Å². The van der Waals surface area contributed by atoms with Crippen molar-refractivity contribution < 1.29 is 33.2 Å². The quantitative estimate of drug-likeness (QED) is 0.158. The minimum absolute atomic E-state index is 0.00890. The summed E-state index contributed by atoms with van der Waals surface area (Å²) in [5.74, 6) is -1.44. The fourth-order valence-electron chi connectivity index (χ4n) is 2.81. The number of ether oxygens (including phenoxy) is 2. The molecular formula is C20H16ClN3O8. The summed E-state index contributed by atoms with van der Waals surface area (Å²) in [6, 6.07) is 4.57. The number of nitrogens with zero attached hydrogens (tertiary/aromatic N) is 2. The number of carbonyl (C=O) groups is 3. The van der Waals surface area contributed by atoms with Gasteiger partial charge < -0.3 is 19.2 Å². The summed E-state index contributed by atoms with van der Waals surface area (Å²) in [5.41, 5.74) is -0.338. The molecule has 0 spiro atoms. The van der Waals surface area contributed by atoms with Crippen molar-refractivity contribution in [1.82, 2.24) is 10.2 Å². The summed E-state index contributed by atoms with van der Waals surface area (Å²) in [6.07, 6.45) is 2.66. The first-order chi connectivity index (χ1) is 15.2. The van der Waals surface area contributed by atoms with Gasteiger partial charge in [0.25, 0.3) is 5.91 Å². The molecule has 0 unspecified atom stereocenters. The van der Waals surface area contributed by atoms with Gasteiger partial charge >= 0.3 is 17.7 Å². The van der Waals surface area contributed by atoms with Crippen LogP contribution in [0.4, 0.5) is 10.5 Å². The zero-order valence-electron chi connectivity index (χ0n) is 16.6. The Hall–Kier alpha value is -4.12. The van der Waals surface area contributed by atoms with Crippen molar-refractivity contribution in [1.29, 1.82) is 0 Å². The fraction of sp³-hybridized carbons (Fsp3) is 0.150. The zero-order valence-corrected chi connectivity index (χ0v) is 17.4. The number of nitro benzene ring substituents is 1. The van der Waals surface area contributed by atoms with Gasteiger partial charge in [0, 0.05) is 6.07 Å². The molecule has 11 nitrogen and oxygen atoms in total. The van der Waals surface area contributed by atoms with E-state index in [0.717, 1.165) is 11.0 Å². The van der Waals surface area contributed by atoms with E-state index >= 15 is 0 Å². The van der Waals surface area contributed by atoms with Crippen LogP contribution in [-0.4, -0.2) is 41.4 Å². The molecule has 3 rings (SSSR count). The van der Waals surface area contributed by atoms with Crippen molar-refractivity contribution in [3.63, 3.8) is 0 Å². The predicted octanol–water partition coefficient (Wildman–Crippen LogP) is 3.29. The number of hydrogen-bond donors (Lipinski definition) is 1. The van der Waals surface area contributed by atoms with Gasteiger partial charge in [0.2, 0.25) is 11.5 Å². The minimum Gasteiger partial charge on any atom is -0.482 e. The van der Waals surface area contributed by atoms with Crippen LogP contribution in [0.2, 0.25) is 5.02 Å². The molecule has 0 aliphatic carbocycles. The van der Waals surface area contributed by atoms with E-state index in [4.69, 9.17) is 20.8 Å². The summed E-state index contributed by atoms with van der Waals surface area (Å²) in [4.78, 5) is 48.0. The van der Waals surface area contributed by atoms with Crippen LogP contribution in [0.15, 0.2) is 47.0 Å². The van der Waals surface area contributed by atoms with Gasteiger partial charge in [0.1, 0.15) is 18.1 Å². The topological polar surface area (TPSA) is 141 Å². The second-order valence-electron chi connectivity index (χ2n) is 6.34. The maximum Gasteiger partial charge on any atom is 0.373 e. The van der Waals surface area contributed by atoms with Crippen molar-refractivity contribution in [3.8, 4) is 5.75 Å². The molecule has 166 valence electrons. The molecule has 1 aromatic carbocycles. The van der Waals surface area contributed by atoms with Crippen LogP contribution in [0.3, 0.4) is 0 Å². The number of benzene rings is 1. The number of imide groups is 1. The number of methoxy groups -OCH3 is 1. The monoisotopic (exact) mass is 461 g/mol. The molecule has 3 amide bonds. The molecule has 1 aromatic heterocycles. The van der Waals surface area contributed by atoms with Gasteiger partial charge in [-0.2, -0.15) is 0 Å². The molecule has 12 heteroatoms. The van der Waals surface area contributed by atoms with Gasteiger partial charge in [0.05, 0.1) is 23.6 Å². The standard InChI is InChI=1S/C20H16ClN3O8/c1-3-6-31-17-13(21)7-11(9-15(17)24(28)29)8-14-18(25)23(20(27)22-14)10-12-4-5-16(32-12)19(26)30-2/h3-5,7-9H,1,6,10H2,2H3,(H,22,27)/b14-8-. The van der Waals surface area contributed by atoms with Crippen LogP contribution < -0.4 is 10.1 Å². The number of nitrogens with one attached hydrogen (secondary N) is 1. The zero-order chi connectivity index (χ0) is 23.4. The first-order valence-corrected chi connectivity index (χ1v) is 9.36. The SMILES string of the molecule is C=CCOc1c(Cl)cc(/C=C2\NC(=O)N(Cc3ccc(C(=O)OC)o3)C2=O)cc1[N+](=O)[O-]. The smallest absolute Gasteiger partial charge is 0.373 e. The molecule has 1 saturated heterocycles. The van der Waals surface area contributed by atoms with E-state index in [9.17, 15) is 24.5 Å². The molecule has 1 fully saturated rings. The molecule has 0 saturated carbocycles. The summed E-state index contributed by atoms with van der Waals surface area (Å²) in [6.45, 7) is 3.24. The predicted molar refractivity (Wildman–Crippen MR) is 111 cm³/mol. The molecule has 2 heterocycles. The van der Waals surface area contributed by atoms with Crippen molar-refractivity contribution in [3.05, 3.63) is 74.8 Å². The van der Waals surface area contributed by atoms with Crippen LogP contribution >= 0.6 is 11.6 Å². The van der Waals surface area contributed by atoms with Crippen LogP contribution in [0.1, 0.15) is 21.9 Å². The van der Waals surface area contributed by atoms with E-state index < -0.39 is 28.5 Å². The Balaban J connectivity index is 1.85. The number of nitro groups is 1. The highest BCUT2D eigenvalue weighted by Crippen LogP contribution is 2.37. The molecule has 1 aliphatic rings. The minimum atomic E-state index is -0.733. The molecular weight excluding hydrogens is 446 g/mol. The maximum atomic E-state index is 12.7. The van der Waals surface area contributed by atoms with Gasteiger partial charge in [0.15, 0.2) is 0 Å². The Morgan fingerprint density at radius 1 is 1.38 bits per heavy atom. The Bertz CT molecular complexity index is 1150. The number of furan rings is 1. The number of carbonyl (C=O) groups excluding carboxylic acids is 3. The number of esters is 1. The molecule has 0 bridgehead atoms. The van der Waals surface area contributed by atoms with Crippen molar-refractivity contribution in [2.24, 2.45) is 0 Å². The lowest BCUT2D eigenvalue weighted by atomic mass is 10.1. The highest BCUT2D eigenvalue weighted by Gasteiger charge is 2.34. The van der Waals surface area contributed by atoms with Crippen LogP contribution in [0.5, 0.6) is 5.75 Å². The lowest BCUT2D eigenvalue weighted by molar-refractivity contribution is -0.385. The highest BCUT2D eigenvalue weighted by molar-refractivity contribution is 6.32. The highest BCUT2D eigenvalue weighted by atomic mass is 35.5. The van der Waals surface area contributed by atoms with Crippen molar-refractivity contribution in [2.75, 3.05) is 13.7 Å². The number of urea groups is 1. The average molecular weight is 462 g/mol. The second kappa shape index (κ2) is 9.35. The van der Waals surface area contributed by atoms with Crippen LogP contribution in [0.25, 0.3) is 6.08 Å². The third-order valence-corrected chi connectivity index (χ3v) is 4.50. The number of amides is 3. The summed E-state index contributed by atoms with van der Waals surface area (Å²) >= 11 is 6.11. The third kappa shape index (κ3) is 4.62. The molecule has 1 N–H and O–H groups in total. The second-order valence-corrected chi connectivity index (χ2v) is 6.75. The molecule has 2 aromatic rings. The summed E-state index contributed by atoms with van der Waals surface area (Å²) in [7, 11) is 1.19. The first kappa shape index (κ1) is 22.6.